The molecule has 9 nitrogen and oxygen atoms in total. The number of fused-ring (bicyclic) bond motifs is 4. The highest BCUT2D eigenvalue weighted by molar-refractivity contribution is 6.00. The summed E-state index contributed by atoms with van der Waals surface area (Å²) in [5, 5.41) is 21.2. The molecule has 0 radical (unpaired) electrons. The molecular weight excluding hydrogens is 522 g/mol. The number of β-amino-alcohol motifs (C(OH)–C–C–N with tert-alkyl or cyclic N) is 1. The molecule has 2 aromatic rings. The van der Waals surface area contributed by atoms with Crippen molar-refractivity contribution in [3.05, 3.63) is 70.3 Å². The number of ether oxygens (including phenoxy) is 1. The molecule has 4 aliphatic rings. The van der Waals surface area contributed by atoms with Crippen LogP contribution in [0.3, 0.4) is 0 Å². The lowest BCUT2D eigenvalue weighted by Crippen LogP contribution is -2.56. The average molecular weight is 562 g/mol. The first kappa shape index (κ1) is 27.7. The minimum atomic E-state index is -1.09. The lowest BCUT2D eigenvalue weighted by atomic mass is 9.77. The summed E-state index contributed by atoms with van der Waals surface area (Å²) in [6, 6.07) is 12.8. The highest BCUT2D eigenvalue weighted by atomic mass is 16.5. The number of carboxylic acid groups (broad SMARTS) is 1. The Kier molecular flexibility index (Phi) is 7.06. The van der Waals surface area contributed by atoms with E-state index >= 15 is 0 Å². The maximum atomic E-state index is 13.7. The minimum absolute atomic E-state index is 0.0160. The van der Waals surface area contributed by atoms with Gasteiger partial charge in [-0.3, -0.25) is 14.5 Å². The molecule has 4 heterocycles. The molecule has 0 spiro atoms. The van der Waals surface area contributed by atoms with Crippen molar-refractivity contribution in [1.82, 2.24) is 14.7 Å². The topological polar surface area (TPSA) is 111 Å². The fourth-order valence-electron chi connectivity index (χ4n) is 7.62. The molecule has 2 fully saturated rings. The number of piperidine rings is 1. The van der Waals surface area contributed by atoms with E-state index in [9.17, 15) is 24.6 Å². The summed E-state index contributed by atoms with van der Waals surface area (Å²) < 4.78 is 5.60. The van der Waals surface area contributed by atoms with E-state index < -0.39 is 23.7 Å². The van der Waals surface area contributed by atoms with E-state index in [1.807, 2.05) is 49.1 Å². The zero-order valence-electron chi connectivity index (χ0n) is 24.0. The molecule has 2 N–H and O–H groups in total. The van der Waals surface area contributed by atoms with Gasteiger partial charge in [0.25, 0.3) is 11.8 Å². The normalized spacial score (nSPS) is 27.3. The molecule has 5 atom stereocenters. The van der Waals surface area contributed by atoms with E-state index in [4.69, 9.17) is 4.74 Å². The quantitative estimate of drug-likeness (QED) is 0.577. The van der Waals surface area contributed by atoms with Crippen LogP contribution < -0.4 is 0 Å². The van der Waals surface area contributed by atoms with Gasteiger partial charge in [-0.15, -0.1) is 0 Å². The first-order chi connectivity index (χ1) is 19.6. The van der Waals surface area contributed by atoms with Crippen LogP contribution in [0.25, 0.3) is 0 Å². The van der Waals surface area contributed by atoms with Crippen molar-refractivity contribution in [1.29, 1.82) is 0 Å². The van der Waals surface area contributed by atoms with Gasteiger partial charge in [0, 0.05) is 55.4 Å². The number of carbonyl (C=O) groups is 3. The van der Waals surface area contributed by atoms with Gasteiger partial charge in [-0.2, -0.15) is 0 Å². The zero-order valence-corrected chi connectivity index (χ0v) is 24.0. The third-order valence-electron chi connectivity index (χ3n) is 9.74. The molecule has 41 heavy (non-hydrogen) atoms. The number of aliphatic hydroxyl groups excluding tert-OH is 1. The fourth-order valence-corrected chi connectivity index (χ4v) is 7.62. The Morgan fingerprint density at radius 3 is 2.41 bits per heavy atom. The monoisotopic (exact) mass is 561 g/mol. The lowest BCUT2D eigenvalue weighted by Gasteiger charge is -2.43. The van der Waals surface area contributed by atoms with Crippen LogP contribution in [0.15, 0.2) is 42.5 Å². The van der Waals surface area contributed by atoms with Crippen molar-refractivity contribution in [3.8, 4) is 0 Å². The van der Waals surface area contributed by atoms with Gasteiger partial charge in [0.15, 0.2) is 0 Å². The molecule has 0 saturated carbocycles. The van der Waals surface area contributed by atoms with Crippen LogP contribution in [0, 0.1) is 0 Å². The Morgan fingerprint density at radius 1 is 1.07 bits per heavy atom. The van der Waals surface area contributed by atoms with Gasteiger partial charge in [-0.25, -0.2) is 4.79 Å². The number of benzene rings is 2. The molecule has 0 unspecified atom stereocenters. The van der Waals surface area contributed by atoms with Crippen LogP contribution in [-0.2, 0) is 23.1 Å². The summed E-state index contributed by atoms with van der Waals surface area (Å²) in [7, 11) is 1.74. The maximum Gasteiger partial charge on any atom is 0.407 e. The van der Waals surface area contributed by atoms with Gasteiger partial charge in [-0.05, 0) is 67.0 Å². The number of nitrogens with zero attached hydrogens (tertiary/aromatic N) is 3. The first-order valence-electron chi connectivity index (χ1n) is 14.6. The first-order valence-corrected chi connectivity index (χ1v) is 14.6. The number of aliphatic hydroxyl groups is 1. The molecule has 4 aliphatic heterocycles. The van der Waals surface area contributed by atoms with Crippen LogP contribution in [0.5, 0.6) is 0 Å². The lowest BCUT2D eigenvalue weighted by molar-refractivity contribution is 0.00808. The third-order valence-corrected chi connectivity index (χ3v) is 9.74. The molecule has 2 saturated heterocycles. The number of hydrogen-bond acceptors (Lipinski definition) is 5. The largest absolute Gasteiger partial charge is 0.465 e. The molecule has 3 amide bonds. The number of carbonyl (C=O) groups excluding carboxylic acids is 2. The van der Waals surface area contributed by atoms with Crippen LogP contribution in [0.4, 0.5) is 4.79 Å². The smallest absolute Gasteiger partial charge is 0.407 e. The Hall–Kier alpha value is -3.43. The highest BCUT2D eigenvalue weighted by Crippen LogP contribution is 2.39. The van der Waals surface area contributed by atoms with E-state index in [0.717, 1.165) is 42.4 Å². The van der Waals surface area contributed by atoms with Crippen molar-refractivity contribution < 1.29 is 29.3 Å². The molecule has 2 aromatic carbocycles. The molecule has 0 aliphatic carbocycles. The number of amides is 3. The second kappa shape index (κ2) is 10.4. The van der Waals surface area contributed by atoms with E-state index in [2.05, 4.69) is 0 Å². The summed E-state index contributed by atoms with van der Waals surface area (Å²) in [6.07, 6.45) is 2.16. The Balaban J connectivity index is 1.21. The fraction of sp³-hybridized carbons (Fsp3) is 0.531. The number of rotatable bonds is 5. The Bertz CT molecular complexity index is 1360. The predicted molar refractivity (Wildman–Crippen MR) is 152 cm³/mol. The standard InChI is InChI=1S/C32H39N3O6/c1-32(2)18-33(17-28(36)27-13-19-6-4-5-7-21(19)16-34(27)31(39)40)30(38)25-11-8-20(12-26(25)32)29(37)35-22-9-10-23(35)15-24(14-22)41-3/h4-8,11-12,22-24,27-28,36H,9-10,13-18H2,1-3H3,(H,39,40)/t22-,23+,24-,27-,28-/m0/s1. The Morgan fingerprint density at radius 2 is 1.76 bits per heavy atom. The third kappa shape index (κ3) is 4.89. The maximum absolute atomic E-state index is 13.7. The van der Waals surface area contributed by atoms with Crippen molar-refractivity contribution in [2.45, 2.75) is 88.2 Å². The number of methoxy groups -OCH3 is 1. The molecule has 6 rings (SSSR count). The van der Waals surface area contributed by atoms with Crippen molar-refractivity contribution >= 4 is 17.9 Å². The van der Waals surface area contributed by atoms with Crippen molar-refractivity contribution in [2.75, 3.05) is 20.2 Å². The van der Waals surface area contributed by atoms with Crippen molar-refractivity contribution in [3.63, 3.8) is 0 Å². The second-order valence-corrected chi connectivity index (χ2v) is 12.8. The average Bonchev–Trinajstić information content (AvgIpc) is 3.22. The SMILES string of the molecule is CO[C@@H]1C[C@H]2CC[C@@H](C1)N2C(=O)c1ccc2c(c1)C(C)(C)CN(C[C@H](O)[C@@H]1Cc3ccccc3CN1C(=O)O)C2=O. The Labute approximate surface area is 240 Å². The van der Waals surface area contributed by atoms with Gasteiger partial charge < -0.3 is 24.7 Å². The minimum Gasteiger partial charge on any atom is -0.465 e. The predicted octanol–water partition coefficient (Wildman–Crippen LogP) is 3.67. The van der Waals surface area contributed by atoms with Crippen LogP contribution >= 0.6 is 0 Å². The summed E-state index contributed by atoms with van der Waals surface area (Å²) in [6.45, 7) is 4.67. The number of hydrogen-bond donors (Lipinski definition) is 2. The van der Waals surface area contributed by atoms with Gasteiger partial charge in [0.2, 0.25) is 0 Å². The van der Waals surface area contributed by atoms with Gasteiger partial charge in [0.05, 0.1) is 18.2 Å². The molecule has 9 heteroatoms. The summed E-state index contributed by atoms with van der Waals surface area (Å²) in [4.78, 5) is 44.4. The van der Waals surface area contributed by atoms with Gasteiger partial charge >= 0.3 is 6.09 Å². The van der Waals surface area contributed by atoms with Gasteiger partial charge in [0.1, 0.15) is 0 Å². The second-order valence-electron chi connectivity index (χ2n) is 12.8. The summed E-state index contributed by atoms with van der Waals surface area (Å²) in [5.41, 5.74) is 3.44. The zero-order chi connectivity index (χ0) is 29.1. The van der Waals surface area contributed by atoms with Crippen LogP contribution in [0.1, 0.15) is 76.9 Å². The van der Waals surface area contributed by atoms with Crippen LogP contribution in [-0.4, -0.2) is 93.4 Å². The summed E-state index contributed by atoms with van der Waals surface area (Å²) >= 11 is 0. The van der Waals surface area contributed by atoms with E-state index in [1.165, 1.54) is 4.90 Å². The van der Waals surface area contributed by atoms with E-state index in [1.54, 1.807) is 24.1 Å². The molecule has 218 valence electrons. The van der Waals surface area contributed by atoms with E-state index in [-0.39, 0.29) is 43.1 Å². The summed E-state index contributed by atoms with van der Waals surface area (Å²) in [5.74, 6) is -0.196. The molecular formula is C32H39N3O6. The molecule has 2 bridgehead atoms. The molecule has 0 aromatic heterocycles. The van der Waals surface area contributed by atoms with Gasteiger partial charge in [-0.1, -0.05) is 38.1 Å². The van der Waals surface area contributed by atoms with E-state index in [0.29, 0.717) is 24.1 Å². The highest BCUT2D eigenvalue weighted by Gasteiger charge is 2.45. The van der Waals surface area contributed by atoms with Crippen LogP contribution in [0.2, 0.25) is 0 Å². The van der Waals surface area contributed by atoms with Crippen molar-refractivity contribution in [2.24, 2.45) is 0 Å².